The van der Waals surface area contributed by atoms with E-state index < -0.39 is 23.3 Å². The molecule has 0 amide bonds. The summed E-state index contributed by atoms with van der Waals surface area (Å²) in [6.07, 6.45) is 1.28. The standard InChI is InChI=1S/C19H16ClF4N3O/c1-25-7-11-4-16(23)18(17(24)5-11)27-8-14(20)19(26-10-27)28-9-12-2-3-13(21)6-15(12)22/h2-6,8,25H,7,9-10H2,1H3. The van der Waals surface area contributed by atoms with Crippen LogP contribution in [0.4, 0.5) is 23.2 Å². The number of rotatable bonds is 5. The average Bonchev–Trinajstić information content (AvgIpc) is 2.62. The first kappa shape index (κ1) is 20.2. The molecule has 0 bridgehead atoms. The first-order chi connectivity index (χ1) is 13.4. The highest BCUT2D eigenvalue weighted by Gasteiger charge is 2.22. The largest absolute Gasteiger partial charge is 0.472 e. The highest BCUT2D eigenvalue weighted by Crippen LogP contribution is 2.28. The van der Waals surface area contributed by atoms with Gasteiger partial charge in [0.25, 0.3) is 0 Å². The summed E-state index contributed by atoms with van der Waals surface area (Å²) in [7, 11) is 1.67. The maximum absolute atomic E-state index is 14.4. The number of nitrogens with one attached hydrogen (secondary N) is 1. The zero-order chi connectivity index (χ0) is 20.3. The third kappa shape index (κ3) is 4.45. The van der Waals surface area contributed by atoms with Gasteiger partial charge in [0, 0.05) is 24.4 Å². The minimum Gasteiger partial charge on any atom is -0.472 e. The SMILES string of the molecule is CNCc1cc(F)c(N2C=C(Cl)C(OCc3ccc(F)cc3F)=NC2)c(F)c1. The van der Waals surface area contributed by atoms with Crippen molar-refractivity contribution in [3.8, 4) is 0 Å². The van der Waals surface area contributed by atoms with Crippen LogP contribution in [-0.2, 0) is 17.9 Å². The molecule has 0 saturated carbocycles. The van der Waals surface area contributed by atoms with Gasteiger partial charge in [-0.2, -0.15) is 0 Å². The number of anilines is 1. The van der Waals surface area contributed by atoms with Crippen molar-refractivity contribution < 1.29 is 22.3 Å². The summed E-state index contributed by atoms with van der Waals surface area (Å²) in [4.78, 5) is 5.26. The monoisotopic (exact) mass is 413 g/mol. The minimum atomic E-state index is -0.760. The number of nitrogens with zero attached hydrogens (tertiary/aromatic N) is 2. The Kier molecular flexibility index (Phi) is 6.21. The fraction of sp³-hybridized carbons (Fsp3) is 0.211. The smallest absolute Gasteiger partial charge is 0.231 e. The highest BCUT2D eigenvalue weighted by atomic mass is 35.5. The van der Waals surface area contributed by atoms with Crippen molar-refractivity contribution in [2.75, 3.05) is 18.6 Å². The summed E-state index contributed by atoms with van der Waals surface area (Å²) in [5.41, 5.74) is 0.292. The second-order valence-corrected chi connectivity index (χ2v) is 6.42. The van der Waals surface area contributed by atoms with E-state index in [2.05, 4.69) is 10.3 Å². The molecule has 1 aliphatic heterocycles. The van der Waals surface area contributed by atoms with E-state index >= 15 is 0 Å². The second-order valence-electron chi connectivity index (χ2n) is 6.01. The Labute approximate surface area is 164 Å². The van der Waals surface area contributed by atoms with Gasteiger partial charge >= 0.3 is 0 Å². The number of ether oxygens (including phenoxy) is 1. The van der Waals surface area contributed by atoms with Gasteiger partial charge in [0.05, 0.1) is 0 Å². The predicted molar refractivity (Wildman–Crippen MR) is 99.0 cm³/mol. The van der Waals surface area contributed by atoms with Gasteiger partial charge in [0.15, 0.2) is 0 Å². The summed E-state index contributed by atoms with van der Waals surface area (Å²) in [6.45, 7) is -0.0477. The Bertz CT molecular complexity index is 926. The maximum Gasteiger partial charge on any atom is 0.231 e. The van der Waals surface area contributed by atoms with Gasteiger partial charge in [0.2, 0.25) is 5.90 Å². The lowest BCUT2D eigenvalue weighted by atomic mass is 10.1. The van der Waals surface area contributed by atoms with Gasteiger partial charge < -0.3 is 15.0 Å². The molecule has 0 atom stereocenters. The number of hydrogen-bond donors (Lipinski definition) is 1. The van der Waals surface area contributed by atoms with E-state index in [9.17, 15) is 17.6 Å². The molecule has 2 aromatic carbocycles. The molecule has 9 heteroatoms. The fourth-order valence-electron chi connectivity index (χ4n) is 2.68. The van der Waals surface area contributed by atoms with Crippen LogP contribution in [0.15, 0.2) is 46.6 Å². The quantitative estimate of drug-likeness (QED) is 0.736. The molecule has 3 rings (SSSR count). The third-order valence-corrected chi connectivity index (χ3v) is 4.22. The Morgan fingerprint density at radius 1 is 1.11 bits per heavy atom. The van der Waals surface area contributed by atoms with E-state index in [1.807, 2.05) is 0 Å². The van der Waals surface area contributed by atoms with Gasteiger partial charge in [-0.25, -0.2) is 22.6 Å². The van der Waals surface area contributed by atoms with Crippen molar-refractivity contribution in [2.45, 2.75) is 13.2 Å². The lowest BCUT2D eigenvalue weighted by Gasteiger charge is -2.24. The summed E-state index contributed by atoms with van der Waals surface area (Å²) < 4.78 is 60.7. The van der Waals surface area contributed by atoms with Crippen molar-refractivity contribution in [3.05, 3.63) is 76.0 Å². The fourth-order valence-corrected chi connectivity index (χ4v) is 2.91. The topological polar surface area (TPSA) is 36.9 Å². The summed E-state index contributed by atoms with van der Waals surface area (Å²) in [6, 6.07) is 5.54. The molecule has 0 unspecified atom stereocenters. The van der Waals surface area contributed by atoms with Crippen LogP contribution in [0.25, 0.3) is 0 Å². The van der Waals surface area contributed by atoms with Gasteiger partial charge in [-0.05, 0) is 36.9 Å². The molecule has 28 heavy (non-hydrogen) atoms. The second kappa shape index (κ2) is 8.62. The van der Waals surface area contributed by atoms with Crippen molar-refractivity contribution in [1.29, 1.82) is 0 Å². The van der Waals surface area contributed by atoms with E-state index in [0.29, 0.717) is 12.1 Å². The average molecular weight is 414 g/mol. The molecule has 1 heterocycles. The van der Waals surface area contributed by atoms with Gasteiger partial charge in [-0.1, -0.05) is 11.6 Å². The summed E-state index contributed by atoms with van der Waals surface area (Å²) in [5, 5.41) is 2.81. The van der Waals surface area contributed by atoms with E-state index in [-0.39, 0.29) is 35.5 Å². The van der Waals surface area contributed by atoms with Crippen LogP contribution in [0.5, 0.6) is 0 Å². The van der Waals surface area contributed by atoms with E-state index in [4.69, 9.17) is 16.3 Å². The lowest BCUT2D eigenvalue weighted by molar-refractivity contribution is 0.285. The minimum absolute atomic E-state index is 0.00531. The normalized spacial score (nSPS) is 14.0. The number of aliphatic imine (C=N–C) groups is 1. The van der Waals surface area contributed by atoms with E-state index in [0.717, 1.165) is 12.1 Å². The molecule has 0 saturated heterocycles. The Morgan fingerprint density at radius 3 is 2.43 bits per heavy atom. The first-order valence-corrected chi connectivity index (χ1v) is 8.65. The van der Waals surface area contributed by atoms with Crippen LogP contribution in [0.1, 0.15) is 11.1 Å². The third-order valence-electron chi connectivity index (χ3n) is 3.96. The van der Waals surface area contributed by atoms with Gasteiger partial charge in [-0.15, -0.1) is 0 Å². The first-order valence-electron chi connectivity index (χ1n) is 8.27. The van der Waals surface area contributed by atoms with Crippen LogP contribution < -0.4 is 10.2 Å². The van der Waals surface area contributed by atoms with Crippen LogP contribution >= 0.6 is 11.6 Å². The molecule has 1 N–H and O–H groups in total. The van der Waals surface area contributed by atoms with E-state index in [1.54, 1.807) is 7.05 Å². The van der Waals surface area contributed by atoms with Crippen LogP contribution in [0, 0.1) is 23.3 Å². The van der Waals surface area contributed by atoms with Crippen molar-refractivity contribution in [2.24, 2.45) is 4.99 Å². The number of hydrogen-bond acceptors (Lipinski definition) is 4. The molecule has 0 aromatic heterocycles. The predicted octanol–water partition coefficient (Wildman–Crippen LogP) is 4.44. The van der Waals surface area contributed by atoms with Crippen molar-refractivity contribution in [3.63, 3.8) is 0 Å². The van der Waals surface area contributed by atoms with Crippen LogP contribution in [0.2, 0.25) is 0 Å². The molecule has 2 aromatic rings. The molecule has 0 aliphatic carbocycles. The lowest BCUT2D eigenvalue weighted by Crippen LogP contribution is -2.26. The molecule has 1 aliphatic rings. The molecule has 148 valence electrons. The molecule has 0 radical (unpaired) electrons. The number of benzene rings is 2. The van der Waals surface area contributed by atoms with Gasteiger partial charge in [0.1, 0.15) is 47.3 Å². The summed E-state index contributed by atoms with van der Waals surface area (Å²) >= 11 is 6.10. The molecule has 0 fully saturated rings. The van der Waals surface area contributed by atoms with Crippen LogP contribution in [0.3, 0.4) is 0 Å². The zero-order valence-corrected chi connectivity index (χ0v) is 15.5. The summed E-state index contributed by atoms with van der Waals surface area (Å²) in [5.74, 6) is -2.97. The molecule has 0 spiro atoms. The maximum atomic E-state index is 14.4. The molecular weight excluding hydrogens is 398 g/mol. The Morgan fingerprint density at radius 2 is 1.82 bits per heavy atom. The van der Waals surface area contributed by atoms with E-state index in [1.165, 1.54) is 29.3 Å². The Hall–Kier alpha value is -2.58. The Balaban J connectivity index is 1.72. The highest BCUT2D eigenvalue weighted by molar-refractivity contribution is 6.42. The molecule has 4 nitrogen and oxygen atoms in total. The van der Waals surface area contributed by atoms with Gasteiger partial charge in [-0.3, -0.25) is 0 Å². The van der Waals surface area contributed by atoms with Crippen molar-refractivity contribution in [1.82, 2.24) is 5.32 Å². The van der Waals surface area contributed by atoms with Crippen LogP contribution in [-0.4, -0.2) is 19.6 Å². The number of halogens is 5. The zero-order valence-electron chi connectivity index (χ0n) is 14.8. The molecular formula is C19H16ClF4N3O. The van der Waals surface area contributed by atoms with Crippen molar-refractivity contribution >= 4 is 23.2 Å².